The summed E-state index contributed by atoms with van der Waals surface area (Å²) in [7, 11) is 1.64. The molecule has 3 N–H and O–H groups in total. The number of nitrogens with two attached hydrogens (primary N) is 1. The molecule has 0 spiro atoms. The zero-order chi connectivity index (χ0) is 15.1. The normalized spacial score (nSPS) is 10.9. The van der Waals surface area contributed by atoms with Gasteiger partial charge >= 0.3 is 0 Å². The smallest absolute Gasteiger partial charge is 0.261 e. The Bertz CT molecular complexity index is 598. The Morgan fingerprint density at radius 3 is 2.95 bits per heavy atom. The highest BCUT2D eigenvalue weighted by Crippen LogP contribution is 2.27. The number of benzene rings is 1. The molecule has 1 aromatic heterocycles. The molecule has 0 radical (unpaired) electrons. The maximum Gasteiger partial charge on any atom is 0.261 e. The van der Waals surface area contributed by atoms with Gasteiger partial charge in [-0.15, -0.1) is 11.3 Å². The summed E-state index contributed by atoms with van der Waals surface area (Å²) >= 11 is 1.47. The first-order chi connectivity index (χ1) is 10.2. The highest BCUT2D eigenvalue weighted by molar-refractivity contribution is 7.20. The second-order valence-corrected chi connectivity index (χ2v) is 5.71. The summed E-state index contributed by atoms with van der Waals surface area (Å²) in [6.45, 7) is 2.40. The van der Waals surface area contributed by atoms with Crippen molar-refractivity contribution >= 4 is 33.0 Å². The van der Waals surface area contributed by atoms with E-state index in [-0.39, 0.29) is 5.91 Å². The summed E-state index contributed by atoms with van der Waals surface area (Å²) in [5.74, 6) is -0.0494. The summed E-state index contributed by atoms with van der Waals surface area (Å²) in [5, 5.41) is 3.90. The van der Waals surface area contributed by atoms with Crippen LogP contribution in [0.3, 0.4) is 0 Å². The molecule has 0 saturated carbocycles. The number of hydrogen-bond donors (Lipinski definition) is 2. The van der Waals surface area contributed by atoms with Crippen molar-refractivity contribution in [2.75, 3.05) is 39.2 Å². The SMILES string of the molecule is COCCOCCCNC(=O)c1cc2cc(N)ccc2s1. The van der Waals surface area contributed by atoms with Gasteiger partial charge in [-0.1, -0.05) is 0 Å². The third-order valence-electron chi connectivity index (χ3n) is 2.95. The van der Waals surface area contributed by atoms with Gasteiger partial charge in [-0.2, -0.15) is 0 Å². The van der Waals surface area contributed by atoms with Crippen molar-refractivity contribution in [2.24, 2.45) is 0 Å². The molecule has 0 aliphatic carbocycles. The molecule has 1 aromatic carbocycles. The lowest BCUT2D eigenvalue weighted by molar-refractivity contribution is 0.0688. The Hall–Kier alpha value is -1.63. The second kappa shape index (κ2) is 7.97. The minimum absolute atomic E-state index is 0.0494. The molecule has 2 aromatic rings. The largest absolute Gasteiger partial charge is 0.399 e. The predicted octanol–water partition coefficient (Wildman–Crippen LogP) is 2.27. The molecule has 2 rings (SSSR count). The van der Waals surface area contributed by atoms with Crippen LogP contribution in [0.2, 0.25) is 0 Å². The zero-order valence-electron chi connectivity index (χ0n) is 12.1. The molecule has 0 atom stereocenters. The number of ether oxygens (including phenoxy) is 2. The highest BCUT2D eigenvalue weighted by atomic mass is 32.1. The van der Waals surface area contributed by atoms with Crippen LogP contribution in [0.4, 0.5) is 5.69 Å². The number of fused-ring (bicyclic) bond motifs is 1. The lowest BCUT2D eigenvalue weighted by Crippen LogP contribution is -2.24. The summed E-state index contributed by atoms with van der Waals surface area (Å²) in [6, 6.07) is 7.54. The Morgan fingerprint density at radius 1 is 1.29 bits per heavy atom. The molecule has 21 heavy (non-hydrogen) atoms. The van der Waals surface area contributed by atoms with E-state index < -0.39 is 0 Å². The molecule has 0 aliphatic heterocycles. The quantitative estimate of drug-likeness (QED) is 0.579. The van der Waals surface area contributed by atoms with Crippen molar-refractivity contribution in [1.29, 1.82) is 0 Å². The van der Waals surface area contributed by atoms with E-state index in [1.807, 2.05) is 24.3 Å². The second-order valence-electron chi connectivity index (χ2n) is 4.62. The van der Waals surface area contributed by atoms with Gasteiger partial charge in [0.1, 0.15) is 0 Å². The van der Waals surface area contributed by atoms with Crippen LogP contribution in [0.25, 0.3) is 10.1 Å². The third-order valence-corrected chi connectivity index (χ3v) is 4.06. The number of hydrogen-bond acceptors (Lipinski definition) is 5. The van der Waals surface area contributed by atoms with Crippen molar-refractivity contribution < 1.29 is 14.3 Å². The standard InChI is InChI=1S/C15H20N2O3S/c1-19-7-8-20-6-2-5-17-15(18)14-10-11-9-12(16)3-4-13(11)21-14/h3-4,9-10H,2,5-8,16H2,1H3,(H,17,18). The van der Waals surface area contributed by atoms with Crippen LogP contribution in [0.5, 0.6) is 0 Å². The number of methoxy groups -OCH3 is 1. The molecule has 5 nitrogen and oxygen atoms in total. The number of amides is 1. The minimum Gasteiger partial charge on any atom is -0.399 e. The highest BCUT2D eigenvalue weighted by Gasteiger charge is 2.09. The fourth-order valence-electron chi connectivity index (χ4n) is 1.88. The van der Waals surface area contributed by atoms with E-state index in [9.17, 15) is 4.79 Å². The Labute approximate surface area is 128 Å². The van der Waals surface area contributed by atoms with Gasteiger partial charge in [-0.05, 0) is 36.1 Å². The Morgan fingerprint density at radius 2 is 2.14 bits per heavy atom. The number of thiophene rings is 1. The number of nitrogens with one attached hydrogen (secondary N) is 1. The van der Waals surface area contributed by atoms with Crippen molar-refractivity contribution in [2.45, 2.75) is 6.42 Å². The van der Waals surface area contributed by atoms with E-state index in [0.29, 0.717) is 36.9 Å². The fraction of sp³-hybridized carbons (Fsp3) is 0.400. The van der Waals surface area contributed by atoms with E-state index in [1.54, 1.807) is 7.11 Å². The maximum absolute atomic E-state index is 12.0. The molecule has 114 valence electrons. The van der Waals surface area contributed by atoms with Gasteiger partial charge < -0.3 is 20.5 Å². The number of anilines is 1. The van der Waals surface area contributed by atoms with Crippen LogP contribution < -0.4 is 11.1 Å². The van der Waals surface area contributed by atoms with E-state index in [0.717, 1.165) is 16.5 Å². The van der Waals surface area contributed by atoms with E-state index in [2.05, 4.69) is 5.32 Å². The Kier molecular flexibility index (Phi) is 5.98. The van der Waals surface area contributed by atoms with Crippen LogP contribution in [-0.2, 0) is 9.47 Å². The number of rotatable bonds is 8. The van der Waals surface area contributed by atoms with Crippen LogP contribution in [0, 0.1) is 0 Å². The summed E-state index contributed by atoms with van der Waals surface area (Å²) in [6.07, 6.45) is 0.785. The molecule has 1 amide bonds. The molecular weight excluding hydrogens is 288 g/mol. The van der Waals surface area contributed by atoms with Crippen molar-refractivity contribution in [3.05, 3.63) is 29.1 Å². The van der Waals surface area contributed by atoms with Gasteiger partial charge in [-0.25, -0.2) is 0 Å². The van der Waals surface area contributed by atoms with Gasteiger partial charge in [0.05, 0.1) is 18.1 Å². The van der Waals surface area contributed by atoms with Crippen LogP contribution >= 0.6 is 11.3 Å². The molecule has 0 saturated heterocycles. The van der Waals surface area contributed by atoms with E-state index in [4.69, 9.17) is 15.2 Å². The van der Waals surface area contributed by atoms with Gasteiger partial charge in [0.15, 0.2) is 0 Å². The van der Waals surface area contributed by atoms with Crippen molar-refractivity contribution in [3.8, 4) is 0 Å². The minimum atomic E-state index is -0.0494. The number of carbonyl (C=O) groups excluding carboxylic acids is 1. The lowest BCUT2D eigenvalue weighted by Gasteiger charge is -2.04. The first-order valence-corrected chi connectivity index (χ1v) is 7.66. The molecule has 0 aliphatic rings. The monoisotopic (exact) mass is 308 g/mol. The van der Waals surface area contributed by atoms with Crippen molar-refractivity contribution in [3.63, 3.8) is 0 Å². The lowest BCUT2D eigenvalue weighted by atomic mass is 10.2. The molecule has 0 bridgehead atoms. The summed E-state index contributed by atoms with van der Waals surface area (Å²) in [5.41, 5.74) is 6.45. The van der Waals surface area contributed by atoms with Gasteiger partial charge in [0, 0.05) is 30.6 Å². The van der Waals surface area contributed by atoms with Crippen LogP contribution in [-0.4, -0.2) is 39.4 Å². The maximum atomic E-state index is 12.0. The summed E-state index contributed by atoms with van der Waals surface area (Å²) < 4.78 is 11.3. The zero-order valence-corrected chi connectivity index (χ0v) is 12.9. The van der Waals surface area contributed by atoms with Crippen molar-refractivity contribution in [1.82, 2.24) is 5.32 Å². The fourth-order valence-corrected chi connectivity index (χ4v) is 2.84. The summed E-state index contributed by atoms with van der Waals surface area (Å²) in [4.78, 5) is 12.7. The number of nitrogen functional groups attached to an aromatic ring is 1. The van der Waals surface area contributed by atoms with Crippen LogP contribution in [0.1, 0.15) is 16.1 Å². The van der Waals surface area contributed by atoms with Gasteiger partial charge in [-0.3, -0.25) is 4.79 Å². The molecule has 0 fully saturated rings. The first kappa shape index (κ1) is 15.8. The van der Waals surface area contributed by atoms with E-state index >= 15 is 0 Å². The van der Waals surface area contributed by atoms with Crippen LogP contribution in [0.15, 0.2) is 24.3 Å². The average Bonchev–Trinajstić information content (AvgIpc) is 2.89. The molecular formula is C15H20N2O3S. The molecule has 6 heteroatoms. The number of carbonyl (C=O) groups is 1. The first-order valence-electron chi connectivity index (χ1n) is 6.84. The molecule has 0 unspecified atom stereocenters. The Balaban J connectivity index is 1.77. The van der Waals surface area contributed by atoms with E-state index in [1.165, 1.54) is 11.3 Å². The molecule has 1 heterocycles. The van der Waals surface area contributed by atoms with Gasteiger partial charge in [0.25, 0.3) is 5.91 Å². The third kappa shape index (κ3) is 4.70. The predicted molar refractivity (Wildman–Crippen MR) is 85.9 cm³/mol. The van der Waals surface area contributed by atoms with Gasteiger partial charge in [0.2, 0.25) is 0 Å². The topological polar surface area (TPSA) is 73.6 Å². The average molecular weight is 308 g/mol.